The highest BCUT2D eigenvalue weighted by atomic mass is 19.3. The number of rotatable bonds is 4. The minimum atomic E-state index is -2.60. The van der Waals surface area contributed by atoms with Gasteiger partial charge in [-0.15, -0.1) is 0 Å². The van der Waals surface area contributed by atoms with Gasteiger partial charge in [-0.1, -0.05) is 0 Å². The summed E-state index contributed by atoms with van der Waals surface area (Å²) in [7, 11) is 1.45. The van der Waals surface area contributed by atoms with Gasteiger partial charge < -0.3 is 9.64 Å². The molecule has 2 fully saturated rings. The van der Waals surface area contributed by atoms with E-state index < -0.39 is 17.5 Å². The summed E-state index contributed by atoms with van der Waals surface area (Å²) in [6.45, 7) is 1.60. The van der Waals surface area contributed by atoms with Crippen LogP contribution in [-0.4, -0.2) is 50.3 Å². The van der Waals surface area contributed by atoms with Gasteiger partial charge in [-0.3, -0.25) is 0 Å². The Bertz CT molecular complexity index is 254. The summed E-state index contributed by atoms with van der Waals surface area (Å²) in [4.78, 5) is 1.94. The van der Waals surface area contributed by atoms with Gasteiger partial charge in [0.25, 0.3) is 5.92 Å². The third kappa shape index (κ3) is 2.20. The number of likely N-dealkylation sites (tertiary alicyclic amines) is 1. The molecule has 1 aliphatic carbocycles. The Morgan fingerprint density at radius 1 is 1.31 bits per heavy atom. The fourth-order valence-corrected chi connectivity index (χ4v) is 2.52. The first-order valence-corrected chi connectivity index (χ1v) is 5.72. The molecular formula is C11H18F3NO. The van der Waals surface area contributed by atoms with E-state index in [0.29, 0.717) is 32.5 Å². The minimum absolute atomic E-state index is 0.0928. The Hall–Kier alpha value is -0.290. The lowest BCUT2D eigenvalue weighted by Gasteiger charge is -2.31. The molecular weight excluding hydrogens is 219 g/mol. The van der Waals surface area contributed by atoms with E-state index in [1.807, 2.05) is 4.90 Å². The third-order valence-electron chi connectivity index (χ3n) is 3.68. The lowest BCUT2D eigenvalue weighted by molar-refractivity contribution is -0.000178. The second kappa shape index (κ2) is 4.18. The molecule has 0 spiro atoms. The molecule has 0 aromatic carbocycles. The zero-order valence-corrected chi connectivity index (χ0v) is 9.52. The smallest absolute Gasteiger partial charge is 0.258 e. The van der Waals surface area contributed by atoms with Crippen LogP contribution in [0.3, 0.4) is 0 Å². The Morgan fingerprint density at radius 2 is 1.88 bits per heavy atom. The summed E-state index contributed by atoms with van der Waals surface area (Å²) in [5, 5.41) is 0. The van der Waals surface area contributed by atoms with Crippen LogP contribution in [0.4, 0.5) is 13.2 Å². The lowest BCUT2D eigenvalue weighted by atomic mass is 10.0. The molecule has 1 atom stereocenters. The predicted molar refractivity (Wildman–Crippen MR) is 54.4 cm³/mol. The molecule has 0 bridgehead atoms. The summed E-state index contributed by atoms with van der Waals surface area (Å²) in [6.07, 6.45) is 0.0847. The van der Waals surface area contributed by atoms with Gasteiger partial charge in [0.15, 0.2) is 0 Å². The molecule has 0 aromatic heterocycles. The summed E-state index contributed by atoms with van der Waals surface area (Å²) in [6, 6.07) is 0. The summed E-state index contributed by atoms with van der Waals surface area (Å²) in [5.41, 5.74) is -1.01. The monoisotopic (exact) mass is 237 g/mol. The van der Waals surface area contributed by atoms with Crippen LogP contribution in [-0.2, 0) is 4.74 Å². The fourth-order valence-electron chi connectivity index (χ4n) is 2.52. The van der Waals surface area contributed by atoms with Crippen molar-refractivity contribution >= 4 is 0 Å². The normalized spacial score (nSPS) is 35.2. The second-order valence-corrected chi connectivity index (χ2v) is 5.05. The van der Waals surface area contributed by atoms with Crippen LogP contribution in [0.2, 0.25) is 0 Å². The quantitative estimate of drug-likeness (QED) is 0.742. The van der Waals surface area contributed by atoms with Gasteiger partial charge in [0, 0.05) is 33.2 Å². The van der Waals surface area contributed by atoms with Crippen molar-refractivity contribution in [3.63, 3.8) is 0 Å². The van der Waals surface area contributed by atoms with Gasteiger partial charge in [-0.2, -0.15) is 0 Å². The predicted octanol–water partition coefficient (Wildman–Crippen LogP) is 2.09. The lowest BCUT2D eigenvalue weighted by Crippen LogP contribution is -2.41. The average molecular weight is 237 g/mol. The molecule has 5 heteroatoms. The first kappa shape index (κ1) is 12.2. The molecule has 1 saturated heterocycles. The molecule has 0 radical (unpaired) electrons. The van der Waals surface area contributed by atoms with Crippen LogP contribution in [0.25, 0.3) is 0 Å². The molecule has 2 rings (SSSR count). The molecule has 1 saturated carbocycles. The van der Waals surface area contributed by atoms with E-state index in [2.05, 4.69) is 0 Å². The number of hydrogen-bond donors (Lipinski definition) is 0. The Labute approximate surface area is 93.7 Å². The van der Waals surface area contributed by atoms with Gasteiger partial charge in [0.05, 0.1) is 12.0 Å². The molecule has 1 heterocycles. The van der Waals surface area contributed by atoms with Gasteiger partial charge in [0.2, 0.25) is 0 Å². The van der Waals surface area contributed by atoms with E-state index in [4.69, 9.17) is 4.74 Å². The molecule has 94 valence electrons. The maximum Gasteiger partial charge on any atom is 0.258 e. The topological polar surface area (TPSA) is 12.5 Å². The molecule has 0 amide bonds. The van der Waals surface area contributed by atoms with Gasteiger partial charge in [0.1, 0.15) is 6.17 Å². The molecule has 2 aliphatic rings. The van der Waals surface area contributed by atoms with Crippen molar-refractivity contribution in [3.8, 4) is 0 Å². The zero-order valence-electron chi connectivity index (χ0n) is 9.52. The van der Waals surface area contributed by atoms with E-state index in [-0.39, 0.29) is 13.0 Å². The zero-order chi connectivity index (χ0) is 11.8. The Kier molecular flexibility index (Phi) is 3.18. The maximum absolute atomic E-state index is 13.3. The molecule has 1 unspecified atom stereocenters. The van der Waals surface area contributed by atoms with Gasteiger partial charge >= 0.3 is 0 Å². The number of halogens is 3. The Morgan fingerprint density at radius 3 is 2.31 bits per heavy atom. The first-order chi connectivity index (χ1) is 7.49. The molecule has 0 aromatic rings. The SMILES string of the molecule is COCC1(CN2CCC(F)CC2)CC1(F)F. The highest BCUT2D eigenvalue weighted by Crippen LogP contribution is 2.61. The Balaban J connectivity index is 1.88. The van der Waals surface area contributed by atoms with Crippen molar-refractivity contribution in [2.45, 2.75) is 31.4 Å². The summed E-state index contributed by atoms with van der Waals surface area (Å²) < 4.78 is 44.4. The van der Waals surface area contributed by atoms with Crippen molar-refractivity contribution in [3.05, 3.63) is 0 Å². The van der Waals surface area contributed by atoms with Crippen molar-refractivity contribution in [1.82, 2.24) is 4.90 Å². The third-order valence-corrected chi connectivity index (χ3v) is 3.68. The highest BCUT2D eigenvalue weighted by molar-refractivity contribution is 5.11. The number of methoxy groups -OCH3 is 1. The number of hydrogen-bond acceptors (Lipinski definition) is 2. The van der Waals surface area contributed by atoms with E-state index in [9.17, 15) is 13.2 Å². The van der Waals surface area contributed by atoms with Crippen LogP contribution in [0, 0.1) is 5.41 Å². The van der Waals surface area contributed by atoms with Gasteiger partial charge in [-0.05, 0) is 12.8 Å². The van der Waals surface area contributed by atoms with Crippen molar-refractivity contribution in [2.75, 3.05) is 33.4 Å². The first-order valence-electron chi connectivity index (χ1n) is 5.72. The molecule has 16 heavy (non-hydrogen) atoms. The highest BCUT2D eigenvalue weighted by Gasteiger charge is 2.71. The largest absolute Gasteiger partial charge is 0.384 e. The van der Waals surface area contributed by atoms with E-state index in [1.165, 1.54) is 7.11 Å². The van der Waals surface area contributed by atoms with Crippen molar-refractivity contribution in [2.24, 2.45) is 5.41 Å². The van der Waals surface area contributed by atoms with E-state index >= 15 is 0 Å². The summed E-state index contributed by atoms with van der Waals surface area (Å²) in [5.74, 6) is -2.60. The van der Waals surface area contributed by atoms with Crippen LogP contribution < -0.4 is 0 Å². The van der Waals surface area contributed by atoms with Gasteiger partial charge in [-0.25, -0.2) is 13.2 Å². The van der Waals surface area contributed by atoms with Crippen LogP contribution in [0.5, 0.6) is 0 Å². The molecule has 2 nitrogen and oxygen atoms in total. The minimum Gasteiger partial charge on any atom is -0.384 e. The molecule has 0 N–H and O–H groups in total. The maximum atomic E-state index is 13.3. The van der Waals surface area contributed by atoms with E-state index in [1.54, 1.807) is 0 Å². The van der Waals surface area contributed by atoms with Crippen LogP contribution in [0.1, 0.15) is 19.3 Å². The molecule has 1 aliphatic heterocycles. The van der Waals surface area contributed by atoms with E-state index in [0.717, 1.165) is 0 Å². The number of ether oxygens (including phenoxy) is 1. The van der Waals surface area contributed by atoms with Crippen LogP contribution in [0.15, 0.2) is 0 Å². The average Bonchev–Trinajstić information content (AvgIpc) is 2.72. The van der Waals surface area contributed by atoms with Crippen molar-refractivity contribution < 1.29 is 17.9 Å². The van der Waals surface area contributed by atoms with Crippen LogP contribution >= 0.6 is 0 Å². The van der Waals surface area contributed by atoms with Crippen molar-refractivity contribution in [1.29, 1.82) is 0 Å². The summed E-state index contributed by atoms with van der Waals surface area (Å²) >= 11 is 0. The number of alkyl halides is 3. The fraction of sp³-hybridized carbons (Fsp3) is 1.00. The number of nitrogens with zero attached hydrogens (tertiary/aromatic N) is 1. The standard InChI is InChI=1S/C11H18F3NO/c1-16-8-10(6-11(10,13)14)7-15-4-2-9(12)3-5-15/h9H,2-8H2,1H3. The number of piperidine rings is 1. The second-order valence-electron chi connectivity index (χ2n) is 5.05.